The van der Waals surface area contributed by atoms with E-state index >= 15 is 0 Å². The van der Waals surface area contributed by atoms with Crippen molar-refractivity contribution in [3.05, 3.63) is 29.3 Å². The van der Waals surface area contributed by atoms with Gasteiger partial charge in [-0.15, -0.1) is 0 Å². The van der Waals surface area contributed by atoms with E-state index in [1.54, 1.807) is 12.1 Å². The molecule has 1 saturated carbocycles. The van der Waals surface area contributed by atoms with Crippen molar-refractivity contribution in [3.63, 3.8) is 0 Å². The summed E-state index contributed by atoms with van der Waals surface area (Å²) in [6.07, 6.45) is 3.59. The maximum atomic E-state index is 11.8. The molecule has 98 valence electrons. The van der Waals surface area contributed by atoms with Gasteiger partial charge in [0, 0.05) is 6.04 Å². The molecule has 1 aromatic rings. The number of halogens is 1. The number of anilines is 1. The summed E-state index contributed by atoms with van der Waals surface area (Å²) in [4.78, 5) is 11.8. The zero-order chi connectivity index (χ0) is 13.0. The van der Waals surface area contributed by atoms with Crippen LogP contribution in [0, 0.1) is 5.92 Å². The Morgan fingerprint density at radius 2 is 2.17 bits per heavy atom. The molecule has 1 aromatic carbocycles. The van der Waals surface area contributed by atoms with Crippen LogP contribution in [0.5, 0.6) is 0 Å². The minimum absolute atomic E-state index is 0.0392. The van der Waals surface area contributed by atoms with Crippen molar-refractivity contribution in [1.29, 1.82) is 0 Å². The number of amides is 1. The Balaban J connectivity index is 1.77. The Kier molecular flexibility index (Phi) is 4.61. The molecular weight excluding hydrogens is 248 g/mol. The molecular formula is C14H19ClN2O. The summed E-state index contributed by atoms with van der Waals surface area (Å²) in [5, 5.41) is 6.68. The third-order valence-corrected chi connectivity index (χ3v) is 3.72. The Hall–Kier alpha value is -1.06. The van der Waals surface area contributed by atoms with Crippen LogP contribution in [0.2, 0.25) is 5.02 Å². The molecule has 3 nitrogen and oxygen atoms in total. The number of hydrogen-bond acceptors (Lipinski definition) is 2. The van der Waals surface area contributed by atoms with E-state index < -0.39 is 0 Å². The van der Waals surface area contributed by atoms with E-state index in [4.69, 9.17) is 11.6 Å². The van der Waals surface area contributed by atoms with Gasteiger partial charge in [0.1, 0.15) is 0 Å². The summed E-state index contributed by atoms with van der Waals surface area (Å²) in [5.41, 5.74) is 0.672. The van der Waals surface area contributed by atoms with Crippen LogP contribution in [0.3, 0.4) is 0 Å². The first-order valence-electron chi connectivity index (χ1n) is 6.43. The average Bonchev–Trinajstić information content (AvgIpc) is 2.76. The molecule has 18 heavy (non-hydrogen) atoms. The molecule has 0 spiro atoms. The van der Waals surface area contributed by atoms with E-state index in [2.05, 4.69) is 17.6 Å². The normalized spacial score (nSPS) is 23.0. The summed E-state index contributed by atoms with van der Waals surface area (Å²) in [6.45, 7) is 2.61. The van der Waals surface area contributed by atoms with Gasteiger partial charge >= 0.3 is 0 Å². The topological polar surface area (TPSA) is 41.1 Å². The summed E-state index contributed by atoms with van der Waals surface area (Å²) in [5.74, 6) is 0.733. The lowest BCUT2D eigenvalue weighted by molar-refractivity contribution is -0.115. The van der Waals surface area contributed by atoms with Crippen molar-refractivity contribution >= 4 is 23.2 Å². The monoisotopic (exact) mass is 266 g/mol. The molecule has 0 aromatic heterocycles. The summed E-state index contributed by atoms with van der Waals surface area (Å²) in [6, 6.07) is 7.75. The van der Waals surface area contributed by atoms with Crippen LogP contribution in [-0.4, -0.2) is 18.5 Å². The van der Waals surface area contributed by atoms with Crippen molar-refractivity contribution in [2.45, 2.75) is 32.2 Å². The lowest BCUT2D eigenvalue weighted by atomic mass is 10.1. The van der Waals surface area contributed by atoms with Crippen LogP contribution < -0.4 is 10.6 Å². The second-order valence-electron chi connectivity index (χ2n) is 5.02. The maximum Gasteiger partial charge on any atom is 0.238 e. The van der Waals surface area contributed by atoms with Crippen molar-refractivity contribution in [2.24, 2.45) is 5.92 Å². The van der Waals surface area contributed by atoms with E-state index in [1.807, 2.05) is 12.1 Å². The predicted molar refractivity (Wildman–Crippen MR) is 74.9 cm³/mol. The van der Waals surface area contributed by atoms with Crippen molar-refractivity contribution in [2.75, 3.05) is 11.9 Å². The van der Waals surface area contributed by atoms with Crippen LogP contribution in [0.25, 0.3) is 0 Å². The highest BCUT2D eigenvalue weighted by Crippen LogP contribution is 2.24. The zero-order valence-corrected chi connectivity index (χ0v) is 11.3. The zero-order valence-electron chi connectivity index (χ0n) is 10.6. The third kappa shape index (κ3) is 3.72. The van der Waals surface area contributed by atoms with Crippen LogP contribution in [0.4, 0.5) is 5.69 Å². The maximum absolute atomic E-state index is 11.8. The first-order valence-corrected chi connectivity index (χ1v) is 6.80. The van der Waals surface area contributed by atoms with Crippen LogP contribution in [0.1, 0.15) is 26.2 Å². The van der Waals surface area contributed by atoms with E-state index in [0.29, 0.717) is 23.3 Å². The highest BCUT2D eigenvalue weighted by Gasteiger charge is 2.21. The highest BCUT2D eigenvalue weighted by molar-refractivity contribution is 6.33. The van der Waals surface area contributed by atoms with E-state index in [9.17, 15) is 4.79 Å². The fourth-order valence-electron chi connectivity index (χ4n) is 2.39. The molecule has 0 radical (unpaired) electrons. The molecule has 2 rings (SSSR count). The first kappa shape index (κ1) is 13.4. The molecule has 4 heteroatoms. The molecule has 2 atom stereocenters. The van der Waals surface area contributed by atoms with Gasteiger partial charge in [0.05, 0.1) is 17.3 Å². The fourth-order valence-corrected chi connectivity index (χ4v) is 2.57. The number of carbonyl (C=O) groups excluding carboxylic acids is 1. The van der Waals surface area contributed by atoms with Crippen molar-refractivity contribution in [1.82, 2.24) is 5.32 Å². The third-order valence-electron chi connectivity index (χ3n) is 3.39. The quantitative estimate of drug-likeness (QED) is 0.879. The SMILES string of the molecule is CC1CCC(NCC(=O)Nc2ccccc2Cl)C1. The minimum Gasteiger partial charge on any atom is -0.324 e. The summed E-state index contributed by atoms with van der Waals surface area (Å²) >= 11 is 5.98. The van der Waals surface area contributed by atoms with E-state index in [1.165, 1.54) is 19.3 Å². The van der Waals surface area contributed by atoms with Gasteiger partial charge in [-0.05, 0) is 37.3 Å². The number of nitrogens with one attached hydrogen (secondary N) is 2. The van der Waals surface area contributed by atoms with Gasteiger partial charge < -0.3 is 10.6 Å². The second kappa shape index (κ2) is 6.21. The molecule has 1 fully saturated rings. The summed E-state index contributed by atoms with van der Waals surface area (Å²) in [7, 11) is 0. The van der Waals surface area contributed by atoms with Crippen LogP contribution in [0.15, 0.2) is 24.3 Å². The van der Waals surface area contributed by atoms with Crippen LogP contribution in [-0.2, 0) is 4.79 Å². The van der Waals surface area contributed by atoms with Gasteiger partial charge in [-0.25, -0.2) is 0 Å². The van der Waals surface area contributed by atoms with E-state index in [-0.39, 0.29) is 5.91 Å². The molecule has 1 aliphatic carbocycles. The fraction of sp³-hybridized carbons (Fsp3) is 0.500. The highest BCUT2D eigenvalue weighted by atomic mass is 35.5. The molecule has 0 saturated heterocycles. The van der Waals surface area contributed by atoms with E-state index in [0.717, 1.165) is 5.92 Å². The van der Waals surface area contributed by atoms with Crippen LogP contribution >= 0.6 is 11.6 Å². The number of benzene rings is 1. The Morgan fingerprint density at radius 1 is 1.39 bits per heavy atom. The van der Waals surface area contributed by atoms with Gasteiger partial charge in [0.15, 0.2) is 0 Å². The predicted octanol–water partition coefficient (Wildman–Crippen LogP) is 3.06. The van der Waals surface area contributed by atoms with Gasteiger partial charge in [-0.2, -0.15) is 0 Å². The Labute approximate surface area is 113 Å². The molecule has 1 aliphatic rings. The van der Waals surface area contributed by atoms with Gasteiger partial charge in [-0.3, -0.25) is 4.79 Å². The molecule has 0 aliphatic heterocycles. The lowest BCUT2D eigenvalue weighted by Crippen LogP contribution is -2.34. The van der Waals surface area contributed by atoms with Gasteiger partial charge in [0.25, 0.3) is 0 Å². The lowest BCUT2D eigenvalue weighted by Gasteiger charge is -2.12. The van der Waals surface area contributed by atoms with Crippen molar-refractivity contribution in [3.8, 4) is 0 Å². The van der Waals surface area contributed by atoms with Gasteiger partial charge in [-0.1, -0.05) is 30.7 Å². The Morgan fingerprint density at radius 3 is 2.83 bits per heavy atom. The number of hydrogen-bond donors (Lipinski definition) is 2. The summed E-state index contributed by atoms with van der Waals surface area (Å²) < 4.78 is 0. The molecule has 2 unspecified atom stereocenters. The number of rotatable bonds is 4. The average molecular weight is 267 g/mol. The minimum atomic E-state index is -0.0392. The standard InChI is InChI=1S/C14H19ClN2O/c1-10-6-7-11(8-10)16-9-14(18)17-13-5-3-2-4-12(13)15/h2-5,10-11,16H,6-9H2,1H3,(H,17,18). The molecule has 1 amide bonds. The van der Waals surface area contributed by atoms with Crippen molar-refractivity contribution < 1.29 is 4.79 Å². The largest absolute Gasteiger partial charge is 0.324 e. The number of carbonyl (C=O) groups is 1. The molecule has 2 N–H and O–H groups in total. The molecule has 0 bridgehead atoms. The smallest absolute Gasteiger partial charge is 0.238 e. The number of para-hydroxylation sites is 1. The van der Waals surface area contributed by atoms with Gasteiger partial charge in [0.2, 0.25) is 5.91 Å². The second-order valence-corrected chi connectivity index (χ2v) is 5.43. The Bertz CT molecular complexity index is 422. The first-order chi connectivity index (χ1) is 8.65. The molecule has 0 heterocycles.